The summed E-state index contributed by atoms with van der Waals surface area (Å²) in [6, 6.07) is 3.49. The molecule has 1 aromatic carbocycles. The van der Waals surface area contributed by atoms with E-state index in [2.05, 4.69) is 0 Å². The molecule has 146 valence electrons. The zero-order valence-electron chi connectivity index (χ0n) is 14.8. The quantitative estimate of drug-likeness (QED) is 0.539. The number of aliphatic hydroxyl groups excluding tert-OH is 4. The molecule has 1 aliphatic carbocycles. The summed E-state index contributed by atoms with van der Waals surface area (Å²) in [5.41, 5.74) is 2.37. The van der Waals surface area contributed by atoms with Crippen LogP contribution in [0.15, 0.2) is 21.3 Å². The Labute approximate surface area is 154 Å². The lowest BCUT2D eigenvalue weighted by Gasteiger charge is -2.39. The third-order valence-electron chi connectivity index (χ3n) is 5.43. The van der Waals surface area contributed by atoms with Crippen molar-refractivity contribution in [1.82, 2.24) is 0 Å². The van der Waals surface area contributed by atoms with Crippen LogP contribution in [-0.2, 0) is 17.6 Å². The fraction of sp³-hybridized carbons (Fsp3) is 0.526. The molecule has 27 heavy (non-hydrogen) atoms. The van der Waals surface area contributed by atoms with Crippen LogP contribution in [0.2, 0.25) is 0 Å². The summed E-state index contributed by atoms with van der Waals surface area (Å²) in [5.74, 6) is 0.313. The Morgan fingerprint density at radius 3 is 2.59 bits per heavy atom. The molecule has 2 aromatic rings. The molecule has 4 rings (SSSR count). The molecule has 4 N–H and O–H groups in total. The predicted molar refractivity (Wildman–Crippen MR) is 93.6 cm³/mol. The van der Waals surface area contributed by atoms with E-state index in [0.717, 1.165) is 35.8 Å². The van der Waals surface area contributed by atoms with Crippen LogP contribution in [0.25, 0.3) is 11.0 Å². The molecular weight excluding hydrogens is 356 g/mol. The number of ether oxygens (including phenoxy) is 2. The van der Waals surface area contributed by atoms with Crippen molar-refractivity contribution in [2.75, 3.05) is 6.61 Å². The zero-order chi connectivity index (χ0) is 19.3. The Morgan fingerprint density at radius 2 is 1.85 bits per heavy atom. The van der Waals surface area contributed by atoms with Crippen LogP contribution in [0.4, 0.5) is 0 Å². The van der Waals surface area contributed by atoms with Crippen molar-refractivity contribution in [3.8, 4) is 5.75 Å². The first-order valence-electron chi connectivity index (χ1n) is 8.97. The molecule has 1 fully saturated rings. The Bertz CT molecular complexity index is 918. The minimum Gasteiger partial charge on any atom is -0.462 e. The monoisotopic (exact) mass is 378 g/mol. The van der Waals surface area contributed by atoms with Crippen molar-refractivity contribution in [2.24, 2.45) is 0 Å². The van der Waals surface area contributed by atoms with Gasteiger partial charge in [0.15, 0.2) is 0 Å². The highest BCUT2D eigenvalue weighted by molar-refractivity contribution is 5.86. The van der Waals surface area contributed by atoms with E-state index >= 15 is 0 Å². The summed E-state index contributed by atoms with van der Waals surface area (Å²) >= 11 is 0. The first-order chi connectivity index (χ1) is 12.9. The van der Waals surface area contributed by atoms with Gasteiger partial charge in [-0.15, -0.1) is 0 Å². The van der Waals surface area contributed by atoms with E-state index in [1.54, 1.807) is 19.1 Å². The Balaban J connectivity index is 1.70. The number of fused-ring (bicyclic) bond motifs is 3. The topological polar surface area (TPSA) is 130 Å². The van der Waals surface area contributed by atoms with Crippen molar-refractivity contribution in [3.05, 3.63) is 39.2 Å². The summed E-state index contributed by atoms with van der Waals surface area (Å²) in [7, 11) is 0. The van der Waals surface area contributed by atoms with Gasteiger partial charge in [0.2, 0.25) is 6.29 Å². The van der Waals surface area contributed by atoms with E-state index in [0.29, 0.717) is 16.9 Å². The largest absolute Gasteiger partial charge is 0.462 e. The molecule has 1 aliphatic heterocycles. The highest BCUT2D eigenvalue weighted by Gasteiger charge is 2.44. The SMILES string of the molecule is Cc1c(O[C@H]2O[C@@H](CO)[C@@H](O)[C@@H](O)[C@@H]2O)ccc2c3c(c(=O)oc12)CCC3. The number of benzene rings is 1. The van der Waals surface area contributed by atoms with E-state index in [4.69, 9.17) is 13.9 Å². The Hall–Kier alpha value is -1.97. The third-order valence-corrected chi connectivity index (χ3v) is 5.43. The number of aryl methyl sites for hydroxylation is 2. The standard InChI is InChI=1S/C19H22O8/c1-8-12(25-19-16(23)15(22)14(21)13(7-20)26-19)6-5-10-9-3-2-4-11(9)18(24)27-17(8)10/h5-6,13-16,19-23H,2-4,7H2,1H3/t13-,14+,15+,16-,19-/m0/s1. The average Bonchev–Trinajstić information content (AvgIpc) is 3.15. The second-order valence-corrected chi connectivity index (χ2v) is 7.08. The minimum atomic E-state index is -1.53. The molecular formula is C19H22O8. The molecule has 8 heteroatoms. The van der Waals surface area contributed by atoms with Crippen molar-refractivity contribution >= 4 is 11.0 Å². The van der Waals surface area contributed by atoms with Gasteiger partial charge in [0.05, 0.1) is 6.61 Å². The molecule has 1 aromatic heterocycles. The first-order valence-corrected chi connectivity index (χ1v) is 8.97. The van der Waals surface area contributed by atoms with Crippen LogP contribution in [-0.4, -0.2) is 57.7 Å². The van der Waals surface area contributed by atoms with Crippen molar-refractivity contribution in [2.45, 2.75) is 56.9 Å². The fourth-order valence-corrected chi connectivity index (χ4v) is 3.88. The van der Waals surface area contributed by atoms with Crippen LogP contribution >= 0.6 is 0 Å². The van der Waals surface area contributed by atoms with Crippen molar-refractivity contribution in [3.63, 3.8) is 0 Å². The van der Waals surface area contributed by atoms with Gasteiger partial charge in [-0.25, -0.2) is 4.79 Å². The molecule has 0 unspecified atom stereocenters. The van der Waals surface area contributed by atoms with Crippen LogP contribution in [0.5, 0.6) is 5.75 Å². The maximum Gasteiger partial charge on any atom is 0.339 e. The normalized spacial score (nSPS) is 30.5. The molecule has 1 saturated heterocycles. The average molecular weight is 378 g/mol. The van der Waals surface area contributed by atoms with Crippen LogP contribution in [0, 0.1) is 6.92 Å². The van der Waals surface area contributed by atoms with Gasteiger partial charge in [-0.05, 0) is 43.9 Å². The molecule has 0 saturated carbocycles. The number of aliphatic hydroxyl groups is 4. The molecule has 0 bridgehead atoms. The van der Waals surface area contributed by atoms with Gasteiger partial charge in [-0.2, -0.15) is 0 Å². The van der Waals surface area contributed by atoms with Crippen molar-refractivity contribution < 1.29 is 34.3 Å². The molecule has 0 radical (unpaired) electrons. The Kier molecular flexibility index (Phi) is 4.69. The van der Waals surface area contributed by atoms with Gasteiger partial charge in [-0.1, -0.05) is 0 Å². The summed E-state index contributed by atoms with van der Waals surface area (Å²) in [6.45, 7) is 1.19. The summed E-state index contributed by atoms with van der Waals surface area (Å²) < 4.78 is 16.6. The maximum atomic E-state index is 12.2. The predicted octanol–water partition coefficient (Wildman–Crippen LogP) is -0.231. The van der Waals surface area contributed by atoms with E-state index in [1.165, 1.54) is 0 Å². The molecule has 2 heterocycles. The summed E-state index contributed by atoms with van der Waals surface area (Å²) in [4.78, 5) is 12.2. The fourth-order valence-electron chi connectivity index (χ4n) is 3.88. The van der Waals surface area contributed by atoms with Crippen LogP contribution in [0.3, 0.4) is 0 Å². The number of hydrogen-bond donors (Lipinski definition) is 4. The summed E-state index contributed by atoms with van der Waals surface area (Å²) in [5, 5.41) is 40.0. The Morgan fingerprint density at radius 1 is 1.11 bits per heavy atom. The lowest BCUT2D eigenvalue weighted by molar-refractivity contribution is -0.277. The van der Waals surface area contributed by atoms with E-state index in [-0.39, 0.29) is 5.63 Å². The second kappa shape index (κ2) is 6.88. The lowest BCUT2D eigenvalue weighted by Crippen LogP contribution is -2.60. The number of hydrogen-bond acceptors (Lipinski definition) is 8. The minimum absolute atomic E-state index is 0.313. The third kappa shape index (κ3) is 2.94. The van der Waals surface area contributed by atoms with E-state index in [1.807, 2.05) is 0 Å². The van der Waals surface area contributed by atoms with E-state index < -0.39 is 37.3 Å². The van der Waals surface area contributed by atoms with E-state index in [9.17, 15) is 25.2 Å². The first kappa shape index (κ1) is 18.4. The van der Waals surface area contributed by atoms with Gasteiger partial charge >= 0.3 is 5.63 Å². The highest BCUT2D eigenvalue weighted by Crippen LogP contribution is 2.34. The van der Waals surface area contributed by atoms with Gasteiger partial charge in [0, 0.05) is 16.5 Å². The van der Waals surface area contributed by atoms with Gasteiger partial charge in [-0.3, -0.25) is 0 Å². The zero-order valence-corrected chi connectivity index (χ0v) is 14.8. The van der Waals surface area contributed by atoms with Crippen LogP contribution in [0.1, 0.15) is 23.1 Å². The van der Waals surface area contributed by atoms with Gasteiger partial charge in [0.25, 0.3) is 0 Å². The molecule has 0 spiro atoms. The van der Waals surface area contributed by atoms with Crippen molar-refractivity contribution in [1.29, 1.82) is 0 Å². The highest BCUT2D eigenvalue weighted by atomic mass is 16.7. The molecule has 5 atom stereocenters. The molecule has 2 aliphatic rings. The molecule has 0 amide bonds. The smallest absolute Gasteiger partial charge is 0.339 e. The van der Waals surface area contributed by atoms with Crippen LogP contribution < -0.4 is 10.4 Å². The number of rotatable bonds is 3. The summed E-state index contributed by atoms with van der Waals surface area (Å²) in [6.07, 6.45) is -4.38. The maximum absolute atomic E-state index is 12.2. The van der Waals surface area contributed by atoms with Gasteiger partial charge in [0.1, 0.15) is 35.7 Å². The lowest BCUT2D eigenvalue weighted by atomic mass is 9.99. The second-order valence-electron chi connectivity index (χ2n) is 7.08. The van der Waals surface area contributed by atoms with Gasteiger partial charge < -0.3 is 34.3 Å². The molecule has 8 nitrogen and oxygen atoms in total.